The predicted molar refractivity (Wildman–Crippen MR) is 79.4 cm³/mol. The van der Waals surface area contributed by atoms with Crippen LogP contribution in [0.4, 0.5) is 0 Å². The zero-order valence-corrected chi connectivity index (χ0v) is 12.9. The highest BCUT2D eigenvalue weighted by Crippen LogP contribution is 2.16. The molecule has 0 radical (unpaired) electrons. The lowest BCUT2D eigenvalue weighted by Gasteiger charge is -2.09. The number of Topliss-reactive ketones (excluding diaryl/α,β-unsaturated/α-hetero) is 1. The molecule has 4 heteroatoms. The van der Waals surface area contributed by atoms with Crippen LogP contribution in [0.1, 0.15) is 33.5 Å². The fourth-order valence-electron chi connectivity index (χ4n) is 1.92. The van der Waals surface area contributed by atoms with Crippen LogP contribution in [0.5, 0.6) is 0 Å². The average molecular weight is 282 g/mol. The molecule has 1 rings (SSSR count). The van der Waals surface area contributed by atoms with Crippen LogP contribution in [0, 0.1) is 20.8 Å². The van der Waals surface area contributed by atoms with Crippen LogP contribution < -0.4 is 0 Å². The largest absolute Gasteiger partial charge is 0.385 e. The van der Waals surface area contributed by atoms with Gasteiger partial charge in [0.2, 0.25) is 0 Å². The zero-order valence-electron chi connectivity index (χ0n) is 12.1. The third-order valence-corrected chi connectivity index (χ3v) is 4.48. The van der Waals surface area contributed by atoms with Gasteiger partial charge in [-0.2, -0.15) is 0 Å². The molecule has 1 unspecified atom stereocenters. The summed E-state index contributed by atoms with van der Waals surface area (Å²) in [6.45, 7) is 6.52. The summed E-state index contributed by atoms with van der Waals surface area (Å²) in [5, 5.41) is 0. The summed E-state index contributed by atoms with van der Waals surface area (Å²) in [5.41, 5.74) is 3.93. The molecule has 0 amide bonds. The van der Waals surface area contributed by atoms with Crippen molar-refractivity contribution in [3.8, 4) is 0 Å². The maximum absolute atomic E-state index is 12.1. The van der Waals surface area contributed by atoms with Crippen LogP contribution in [-0.4, -0.2) is 35.2 Å². The second-order valence-electron chi connectivity index (χ2n) is 4.81. The Kier molecular flexibility index (Phi) is 6.38. The molecule has 106 valence electrons. The quantitative estimate of drug-likeness (QED) is 0.570. The van der Waals surface area contributed by atoms with Gasteiger partial charge in [0.05, 0.1) is 5.75 Å². The highest BCUT2D eigenvalue weighted by Gasteiger charge is 2.13. The van der Waals surface area contributed by atoms with Crippen molar-refractivity contribution in [2.75, 3.05) is 25.2 Å². The number of benzene rings is 1. The van der Waals surface area contributed by atoms with Crippen LogP contribution in [0.15, 0.2) is 12.1 Å². The summed E-state index contributed by atoms with van der Waals surface area (Å²) in [6, 6.07) is 3.91. The Morgan fingerprint density at radius 3 is 2.42 bits per heavy atom. The van der Waals surface area contributed by atoms with E-state index in [4.69, 9.17) is 4.74 Å². The first-order chi connectivity index (χ1) is 8.95. The number of hydrogen-bond donors (Lipinski definition) is 0. The predicted octanol–water partition coefficient (Wildman–Crippen LogP) is 2.58. The van der Waals surface area contributed by atoms with Crippen molar-refractivity contribution in [2.45, 2.75) is 27.2 Å². The number of rotatable bonds is 7. The van der Waals surface area contributed by atoms with Crippen molar-refractivity contribution in [3.63, 3.8) is 0 Å². The lowest BCUT2D eigenvalue weighted by atomic mass is 9.99. The molecular formula is C15H22O3S. The molecule has 0 aromatic heterocycles. The van der Waals surface area contributed by atoms with Gasteiger partial charge in [0.25, 0.3) is 0 Å². The van der Waals surface area contributed by atoms with Gasteiger partial charge in [0.15, 0.2) is 5.78 Å². The molecule has 19 heavy (non-hydrogen) atoms. The Balaban J connectivity index is 2.68. The third kappa shape index (κ3) is 4.88. The number of aryl methyl sites for hydroxylation is 3. The minimum Gasteiger partial charge on any atom is -0.385 e. The van der Waals surface area contributed by atoms with E-state index in [1.54, 1.807) is 7.11 Å². The Hall–Kier alpha value is -1.00. The van der Waals surface area contributed by atoms with Gasteiger partial charge >= 0.3 is 0 Å². The Morgan fingerprint density at radius 1 is 1.16 bits per heavy atom. The minimum absolute atomic E-state index is 0.0312. The number of ether oxygens (including phenoxy) is 1. The van der Waals surface area contributed by atoms with Gasteiger partial charge in [0, 0.05) is 35.8 Å². The number of carbonyl (C=O) groups excluding carboxylic acids is 1. The molecule has 0 aliphatic heterocycles. The second kappa shape index (κ2) is 7.56. The van der Waals surface area contributed by atoms with Crippen LogP contribution in [-0.2, 0) is 15.5 Å². The molecule has 0 saturated heterocycles. The van der Waals surface area contributed by atoms with E-state index in [1.807, 2.05) is 32.9 Å². The van der Waals surface area contributed by atoms with E-state index in [0.29, 0.717) is 17.9 Å². The molecular weight excluding hydrogens is 260 g/mol. The maximum Gasteiger partial charge on any atom is 0.175 e. The molecule has 0 saturated carbocycles. The highest BCUT2D eigenvalue weighted by atomic mass is 32.2. The Bertz CT molecular complexity index is 481. The number of carbonyl (C=O) groups is 1. The van der Waals surface area contributed by atoms with Gasteiger partial charge in [-0.25, -0.2) is 0 Å². The van der Waals surface area contributed by atoms with E-state index in [0.717, 1.165) is 17.5 Å². The topological polar surface area (TPSA) is 43.4 Å². The smallest absolute Gasteiger partial charge is 0.175 e. The summed E-state index contributed by atoms with van der Waals surface area (Å²) in [7, 11) is 0.516. The van der Waals surface area contributed by atoms with Crippen LogP contribution in [0.3, 0.4) is 0 Å². The third-order valence-electron chi connectivity index (χ3n) is 3.15. The lowest BCUT2D eigenvalue weighted by molar-refractivity contribution is 0.102. The van der Waals surface area contributed by atoms with Crippen molar-refractivity contribution in [3.05, 3.63) is 34.4 Å². The van der Waals surface area contributed by atoms with Crippen LogP contribution >= 0.6 is 0 Å². The van der Waals surface area contributed by atoms with E-state index in [2.05, 4.69) is 0 Å². The normalized spacial score (nSPS) is 12.4. The van der Waals surface area contributed by atoms with Crippen LogP contribution in [0.2, 0.25) is 0 Å². The molecule has 0 spiro atoms. The molecule has 1 aromatic rings. The van der Waals surface area contributed by atoms with Gasteiger partial charge in [-0.1, -0.05) is 6.07 Å². The second-order valence-corrected chi connectivity index (χ2v) is 6.39. The standard InChI is InChI=1S/C15H22O3S/c1-11-8-13(3)14(9-12(11)2)15(16)10-19(17)7-5-6-18-4/h8-9H,5-7,10H2,1-4H3. The molecule has 0 fully saturated rings. The van der Waals surface area contributed by atoms with Crippen LogP contribution in [0.25, 0.3) is 0 Å². The monoisotopic (exact) mass is 282 g/mol. The van der Waals surface area contributed by atoms with Crippen molar-refractivity contribution in [1.82, 2.24) is 0 Å². The molecule has 0 bridgehead atoms. The first kappa shape index (κ1) is 16.1. The molecule has 3 nitrogen and oxygen atoms in total. The van der Waals surface area contributed by atoms with Crippen molar-refractivity contribution < 1.29 is 13.7 Å². The molecule has 1 atom stereocenters. The molecule has 0 heterocycles. The van der Waals surface area contributed by atoms with Gasteiger partial charge < -0.3 is 4.74 Å². The first-order valence-corrected chi connectivity index (χ1v) is 7.89. The Morgan fingerprint density at radius 2 is 1.79 bits per heavy atom. The van der Waals surface area contributed by atoms with Gasteiger partial charge in [-0.05, 0) is 49.9 Å². The van der Waals surface area contributed by atoms with E-state index in [9.17, 15) is 9.00 Å². The molecule has 1 aromatic carbocycles. The minimum atomic E-state index is -1.10. The number of methoxy groups -OCH3 is 1. The van der Waals surface area contributed by atoms with E-state index < -0.39 is 10.8 Å². The maximum atomic E-state index is 12.1. The SMILES string of the molecule is COCCCS(=O)CC(=O)c1cc(C)c(C)cc1C. The number of hydrogen-bond acceptors (Lipinski definition) is 3. The first-order valence-electron chi connectivity index (χ1n) is 6.40. The van der Waals surface area contributed by atoms with Gasteiger partial charge in [-0.3, -0.25) is 9.00 Å². The zero-order chi connectivity index (χ0) is 14.4. The number of ketones is 1. The fraction of sp³-hybridized carbons (Fsp3) is 0.533. The molecule has 0 N–H and O–H groups in total. The van der Waals surface area contributed by atoms with Gasteiger partial charge in [-0.15, -0.1) is 0 Å². The Labute approximate surface area is 117 Å². The summed E-state index contributed by atoms with van der Waals surface area (Å²) in [5.74, 6) is 0.590. The summed E-state index contributed by atoms with van der Waals surface area (Å²) >= 11 is 0. The van der Waals surface area contributed by atoms with Crippen molar-refractivity contribution >= 4 is 16.6 Å². The average Bonchev–Trinajstić information content (AvgIpc) is 2.34. The summed E-state index contributed by atoms with van der Waals surface area (Å²) in [6.07, 6.45) is 0.725. The van der Waals surface area contributed by atoms with E-state index in [-0.39, 0.29) is 11.5 Å². The summed E-state index contributed by atoms with van der Waals surface area (Å²) in [4.78, 5) is 12.1. The summed E-state index contributed by atoms with van der Waals surface area (Å²) < 4.78 is 16.7. The highest BCUT2D eigenvalue weighted by molar-refractivity contribution is 7.85. The van der Waals surface area contributed by atoms with E-state index in [1.165, 1.54) is 5.56 Å². The fourth-order valence-corrected chi connectivity index (χ4v) is 2.95. The lowest BCUT2D eigenvalue weighted by Crippen LogP contribution is -2.15. The molecule has 0 aliphatic carbocycles. The molecule has 0 aliphatic rings. The van der Waals surface area contributed by atoms with Gasteiger partial charge in [0.1, 0.15) is 0 Å². The van der Waals surface area contributed by atoms with Crippen molar-refractivity contribution in [2.24, 2.45) is 0 Å². The van der Waals surface area contributed by atoms with Crippen molar-refractivity contribution in [1.29, 1.82) is 0 Å². The van der Waals surface area contributed by atoms with E-state index >= 15 is 0 Å².